The molecule has 0 fully saturated rings. The van der Waals surface area contributed by atoms with Crippen molar-refractivity contribution in [3.05, 3.63) is 11.4 Å². The minimum Gasteiger partial charge on any atom is -0.481 e. The molecule has 0 saturated heterocycles. The summed E-state index contributed by atoms with van der Waals surface area (Å²) in [5.74, 6) is 2.22. The Labute approximate surface area is 78.4 Å². The first-order valence-electron chi connectivity index (χ1n) is 4.32. The molecule has 1 aromatic heterocycles. The number of methoxy groups -OCH3 is 1. The molecular formula is C9H15N3O. The largest absolute Gasteiger partial charge is 0.481 e. The Hall–Kier alpha value is -1.32. The SMILES string of the molecule is CCNc1nc(C)nc(OC)c1C. The monoisotopic (exact) mass is 181 g/mol. The third-order valence-corrected chi connectivity index (χ3v) is 1.75. The summed E-state index contributed by atoms with van der Waals surface area (Å²) in [7, 11) is 1.62. The second-order valence-electron chi connectivity index (χ2n) is 2.78. The highest BCUT2D eigenvalue weighted by atomic mass is 16.5. The maximum Gasteiger partial charge on any atom is 0.221 e. The number of nitrogens with zero attached hydrogens (tertiary/aromatic N) is 2. The average molecular weight is 181 g/mol. The number of hydrogen-bond donors (Lipinski definition) is 1. The number of aryl methyl sites for hydroxylation is 1. The average Bonchev–Trinajstić information content (AvgIpc) is 2.11. The summed E-state index contributed by atoms with van der Waals surface area (Å²) in [5, 5.41) is 3.16. The molecule has 0 bridgehead atoms. The van der Waals surface area contributed by atoms with Crippen LogP contribution in [0.2, 0.25) is 0 Å². The van der Waals surface area contributed by atoms with Crippen molar-refractivity contribution >= 4 is 5.82 Å². The topological polar surface area (TPSA) is 47.0 Å². The van der Waals surface area contributed by atoms with Gasteiger partial charge in [0.2, 0.25) is 5.88 Å². The van der Waals surface area contributed by atoms with Gasteiger partial charge in [0.1, 0.15) is 11.6 Å². The first-order valence-corrected chi connectivity index (χ1v) is 4.32. The lowest BCUT2D eigenvalue weighted by molar-refractivity contribution is 0.392. The second-order valence-corrected chi connectivity index (χ2v) is 2.78. The number of hydrogen-bond acceptors (Lipinski definition) is 4. The summed E-state index contributed by atoms with van der Waals surface area (Å²) >= 11 is 0. The molecule has 0 aliphatic carbocycles. The van der Waals surface area contributed by atoms with Crippen molar-refractivity contribution in [2.75, 3.05) is 19.0 Å². The zero-order chi connectivity index (χ0) is 9.84. The van der Waals surface area contributed by atoms with Crippen LogP contribution in [0, 0.1) is 13.8 Å². The molecule has 4 nitrogen and oxygen atoms in total. The van der Waals surface area contributed by atoms with Gasteiger partial charge in [0.15, 0.2) is 0 Å². The summed E-state index contributed by atoms with van der Waals surface area (Å²) < 4.78 is 5.12. The van der Waals surface area contributed by atoms with Crippen LogP contribution in [-0.4, -0.2) is 23.6 Å². The molecule has 13 heavy (non-hydrogen) atoms. The van der Waals surface area contributed by atoms with Gasteiger partial charge in [0.25, 0.3) is 0 Å². The highest BCUT2D eigenvalue weighted by Gasteiger charge is 2.07. The maximum atomic E-state index is 5.12. The lowest BCUT2D eigenvalue weighted by atomic mass is 10.3. The molecule has 0 radical (unpaired) electrons. The predicted molar refractivity (Wildman–Crippen MR) is 52.2 cm³/mol. The Morgan fingerprint density at radius 3 is 2.54 bits per heavy atom. The van der Waals surface area contributed by atoms with Crippen LogP contribution in [0.3, 0.4) is 0 Å². The van der Waals surface area contributed by atoms with Crippen LogP contribution in [0.15, 0.2) is 0 Å². The van der Waals surface area contributed by atoms with Crippen LogP contribution < -0.4 is 10.1 Å². The van der Waals surface area contributed by atoms with E-state index in [-0.39, 0.29) is 0 Å². The van der Waals surface area contributed by atoms with Crippen molar-refractivity contribution < 1.29 is 4.74 Å². The summed E-state index contributed by atoms with van der Waals surface area (Å²) in [5.41, 5.74) is 0.954. The van der Waals surface area contributed by atoms with Gasteiger partial charge in [-0.25, -0.2) is 4.98 Å². The fraction of sp³-hybridized carbons (Fsp3) is 0.556. The van der Waals surface area contributed by atoms with Crippen LogP contribution in [0.5, 0.6) is 5.88 Å². The molecule has 4 heteroatoms. The third kappa shape index (κ3) is 2.08. The predicted octanol–water partition coefficient (Wildman–Crippen LogP) is 1.53. The van der Waals surface area contributed by atoms with Gasteiger partial charge in [-0.05, 0) is 20.8 Å². The van der Waals surface area contributed by atoms with E-state index < -0.39 is 0 Å². The van der Waals surface area contributed by atoms with Crippen LogP contribution >= 0.6 is 0 Å². The van der Waals surface area contributed by atoms with Crippen LogP contribution in [-0.2, 0) is 0 Å². The molecule has 0 spiro atoms. The molecule has 1 rings (SSSR count). The van der Waals surface area contributed by atoms with E-state index in [4.69, 9.17) is 4.74 Å². The lowest BCUT2D eigenvalue weighted by Crippen LogP contribution is -2.06. The zero-order valence-corrected chi connectivity index (χ0v) is 8.51. The molecule has 0 atom stereocenters. The van der Waals surface area contributed by atoms with Gasteiger partial charge < -0.3 is 10.1 Å². The van der Waals surface area contributed by atoms with Crippen LogP contribution in [0.1, 0.15) is 18.3 Å². The number of rotatable bonds is 3. The molecule has 1 heterocycles. The van der Waals surface area contributed by atoms with Gasteiger partial charge in [-0.1, -0.05) is 0 Å². The Balaban J connectivity index is 3.11. The van der Waals surface area contributed by atoms with E-state index in [1.165, 1.54) is 0 Å². The summed E-state index contributed by atoms with van der Waals surface area (Å²) in [4.78, 5) is 8.43. The van der Waals surface area contributed by atoms with Crippen molar-refractivity contribution in [3.63, 3.8) is 0 Å². The number of ether oxygens (including phenoxy) is 1. The maximum absolute atomic E-state index is 5.12. The van der Waals surface area contributed by atoms with Crippen molar-refractivity contribution in [3.8, 4) is 5.88 Å². The third-order valence-electron chi connectivity index (χ3n) is 1.75. The normalized spacial score (nSPS) is 9.85. The standard InChI is InChI=1S/C9H15N3O/c1-5-10-8-6(2)9(13-4)12-7(3)11-8/h5H2,1-4H3,(H,10,11,12). The van der Waals surface area contributed by atoms with Crippen molar-refractivity contribution in [2.45, 2.75) is 20.8 Å². The molecule has 0 aliphatic rings. The zero-order valence-electron chi connectivity index (χ0n) is 8.51. The first kappa shape index (κ1) is 9.77. The van der Waals surface area contributed by atoms with E-state index >= 15 is 0 Å². The van der Waals surface area contributed by atoms with E-state index in [9.17, 15) is 0 Å². The fourth-order valence-corrected chi connectivity index (χ4v) is 1.14. The quantitative estimate of drug-likeness (QED) is 0.768. The van der Waals surface area contributed by atoms with Gasteiger partial charge in [-0.15, -0.1) is 0 Å². The molecule has 72 valence electrons. The fourth-order valence-electron chi connectivity index (χ4n) is 1.14. The Morgan fingerprint density at radius 2 is 2.00 bits per heavy atom. The van der Waals surface area contributed by atoms with Crippen LogP contribution in [0.25, 0.3) is 0 Å². The minimum absolute atomic E-state index is 0.642. The van der Waals surface area contributed by atoms with E-state index in [0.29, 0.717) is 5.88 Å². The molecule has 0 aliphatic heterocycles. The molecule has 0 saturated carbocycles. The van der Waals surface area contributed by atoms with Crippen molar-refractivity contribution in [1.82, 2.24) is 9.97 Å². The van der Waals surface area contributed by atoms with E-state index in [1.54, 1.807) is 7.11 Å². The van der Waals surface area contributed by atoms with Crippen LogP contribution in [0.4, 0.5) is 5.82 Å². The number of aromatic nitrogens is 2. The highest BCUT2D eigenvalue weighted by Crippen LogP contribution is 2.20. The van der Waals surface area contributed by atoms with Gasteiger partial charge in [-0.3, -0.25) is 0 Å². The Bertz CT molecular complexity index is 299. The van der Waals surface area contributed by atoms with E-state index in [2.05, 4.69) is 15.3 Å². The van der Waals surface area contributed by atoms with Gasteiger partial charge in [0.05, 0.1) is 12.7 Å². The summed E-state index contributed by atoms with van der Waals surface area (Å²) in [6.45, 7) is 6.67. The second kappa shape index (κ2) is 4.07. The van der Waals surface area contributed by atoms with Gasteiger partial charge >= 0.3 is 0 Å². The number of nitrogens with one attached hydrogen (secondary N) is 1. The Morgan fingerprint density at radius 1 is 1.31 bits per heavy atom. The summed E-state index contributed by atoms with van der Waals surface area (Å²) in [6, 6.07) is 0. The smallest absolute Gasteiger partial charge is 0.221 e. The van der Waals surface area contributed by atoms with Gasteiger partial charge in [0, 0.05) is 6.54 Å². The van der Waals surface area contributed by atoms with E-state index in [0.717, 1.165) is 23.8 Å². The van der Waals surface area contributed by atoms with Crippen molar-refractivity contribution in [2.24, 2.45) is 0 Å². The molecule has 1 N–H and O–H groups in total. The molecule has 0 aromatic carbocycles. The molecule has 1 aromatic rings. The molecule has 0 unspecified atom stereocenters. The Kier molecular flexibility index (Phi) is 3.06. The minimum atomic E-state index is 0.642. The van der Waals surface area contributed by atoms with Gasteiger partial charge in [-0.2, -0.15) is 4.98 Å². The molecule has 0 amide bonds. The van der Waals surface area contributed by atoms with Crippen molar-refractivity contribution in [1.29, 1.82) is 0 Å². The summed E-state index contributed by atoms with van der Waals surface area (Å²) in [6.07, 6.45) is 0. The molecular weight excluding hydrogens is 166 g/mol. The lowest BCUT2D eigenvalue weighted by Gasteiger charge is -2.10. The van der Waals surface area contributed by atoms with E-state index in [1.807, 2.05) is 20.8 Å². The highest BCUT2D eigenvalue weighted by molar-refractivity contribution is 5.48. The first-order chi connectivity index (χ1) is 6.19. The number of anilines is 1.